The highest BCUT2D eigenvalue weighted by Gasteiger charge is 2.36. The number of hydrogen-bond acceptors (Lipinski definition) is 4. The number of nitrogens with one attached hydrogen (secondary N) is 1. The molecule has 1 N–H and O–H groups in total. The largest absolute Gasteiger partial charge is 0.467 e. The third-order valence-corrected chi connectivity index (χ3v) is 6.29. The number of carbonyl (C=O) groups excluding carboxylic acids is 1. The van der Waals surface area contributed by atoms with Gasteiger partial charge in [0.2, 0.25) is 0 Å². The van der Waals surface area contributed by atoms with Crippen molar-refractivity contribution >= 4 is 23.2 Å². The number of hydrogen-bond donors (Lipinski definition) is 1. The van der Waals surface area contributed by atoms with Crippen LogP contribution in [0.5, 0.6) is 0 Å². The highest BCUT2D eigenvalue weighted by Crippen LogP contribution is 2.37. The summed E-state index contributed by atoms with van der Waals surface area (Å²) in [5.41, 5.74) is 5.29. The molecule has 3 heterocycles. The maximum atomic E-state index is 13.5. The van der Waals surface area contributed by atoms with Gasteiger partial charge in [-0.15, -0.1) is 0 Å². The standard InChI is InChI=1S/C25H23ClN4O2/c1-16-23(17(2)30(28-16)14-18-8-3-5-11-21(18)26)24-27-22-12-6-4-10-20(22)25(31)29(24)15-19-9-7-13-32-19/h3-13,24,27H,14-15H2,1-2H3. The van der Waals surface area contributed by atoms with Gasteiger partial charge in [0.25, 0.3) is 5.91 Å². The molecule has 0 spiro atoms. The zero-order chi connectivity index (χ0) is 22.2. The van der Waals surface area contributed by atoms with E-state index in [0.717, 1.165) is 34.0 Å². The summed E-state index contributed by atoms with van der Waals surface area (Å²) in [6.07, 6.45) is 1.25. The molecule has 1 amide bonds. The lowest BCUT2D eigenvalue weighted by molar-refractivity contribution is 0.0650. The Morgan fingerprint density at radius 1 is 1.03 bits per heavy atom. The van der Waals surface area contributed by atoms with Crippen molar-refractivity contribution in [1.82, 2.24) is 14.7 Å². The van der Waals surface area contributed by atoms with E-state index >= 15 is 0 Å². The predicted octanol–water partition coefficient (Wildman–Crippen LogP) is 5.56. The Bertz CT molecular complexity index is 1280. The van der Waals surface area contributed by atoms with Crippen LogP contribution in [0.15, 0.2) is 71.3 Å². The van der Waals surface area contributed by atoms with E-state index in [1.54, 1.807) is 11.2 Å². The van der Waals surface area contributed by atoms with E-state index in [1.807, 2.05) is 79.2 Å². The van der Waals surface area contributed by atoms with Gasteiger partial charge in [-0.25, -0.2) is 0 Å². The van der Waals surface area contributed by atoms with E-state index in [2.05, 4.69) is 5.32 Å². The molecule has 1 aliphatic heterocycles. The van der Waals surface area contributed by atoms with Gasteiger partial charge < -0.3 is 14.6 Å². The second-order valence-electron chi connectivity index (χ2n) is 7.94. The van der Waals surface area contributed by atoms with Crippen LogP contribution in [0.3, 0.4) is 0 Å². The van der Waals surface area contributed by atoms with Crippen LogP contribution in [-0.2, 0) is 13.1 Å². The molecule has 1 aliphatic rings. The molecular weight excluding hydrogens is 424 g/mol. The summed E-state index contributed by atoms with van der Waals surface area (Å²) in [5.74, 6) is 0.682. The van der Waals surface area contributed by atoms with Gasteiger partial charge in [-0.3, -0.25) is 9.48 Å². The van der Waals surface area contributed by atoms with Crippen LogP contribution >= 0.6 is 11.6 Å². The van der Waals surface area contributed by atoms with Crippen LogP contribution in [0.2, 0.25) is 5.02 Å². The third kappa shape index (κ3) is 3.56. The first kappa shape index (κ1) is 20.4. The minimum atomic E-state index is -0.373. The molecule has 162 valence electrons. The maximum absolute atomic E-state index is 13.5. The molecule has 1 atom stereocenters. The number of fused-ring (bicyclic) bond motifs is 1. The molecular formula is C25H23ClN4O2. The predicted molar refractivity (Wildman–Crippen MR) is 124 cm³/mol. The third-order valence-electron chi connectivity index (χ3n) is 5.92. The van der Waals surface area contributed by atoms with E-state index in [1.165, 1.54) is 0 Å². The molecule has 7 heteroatoms. The van der Waals surface area contributed by atoms with Crippen molar-refractivity contribution in [2.45, 2.75) is 33.1 Å². The second kappa shape index (κ2) is 8.20. The normalized spacial score (nSPS) is 15.5. The Morgan fingerprint density at radius 3 is 2.59 bits per heavy atom. The number of aryl methyl sites for hydroxylation is 1. The fourth-order valence-electron chi connectivity index (χ4n) is 4.30. The second-order valence-corrected chi connectivity index (χ2v) is 8.35. The molecule has 4 aromatic rings. The number of para-hydroxylation sites is 1. The van der Waals surface area contributed by atoms with Gasteiger partial charge in [-0.05, 0) is 49.7 Å². The number of rotatable bonds is 5. The minimum absolute atomic E-state index is 0.0431. The number of benzene rings is 2. The lowest BCUT2D eigenvalue weighted by Crippen LogP contribution is -2.42. The highest BCUT2D eigenvalue weighted by molar-refractivity contribution is 6.31. The molecule has 6 nitrogen and oxygen atoms in total. The zero-order valence-electron chi connectivity index (χ0n) is 17.9. The van der Waals surface area contributed by atoms with E-state index < -0.39 is 0 Å². The van der Waals surface area contributed by atoms with E-state index in [0.29, 0.717) is 23.7 Å². The van der Waals surface area contributed by atoms with Gasteiger partial charge in [0, 0.05) is 22.0 Å². The SMILES string of the molecule is Cc1nn(Cc2ccccc2Cl)c(C)c1C1Nc2ccccc2C(=O)N1Cc1ccco1. The number of halogens is 1. The summed E-state index contributed by atoms with van der Waals surface area (Å²) < 4.78 is 7.51. The van der Waals surface area contributed by atoms with E-state index in [4.69, 9.17) is 21.1 Å². The number of nitrogens with zero attached hydrogens (tertiary/aromatic N) is 3. The number of anilines is 1. The van der Waals surface area contributed by atoms with Crippen LogP contribution < -0.4 is 5.32 Å². The van der Waals surface area contributed by atoms with Crippen LogP contribution in [0.25, 0.3) is 0 Å². The molecule has 5 rings (SSSR count). The first-order valence-corrected chi connectivity index (χ1v) is 10.9. The average molecular weight is 447 g/mol. The number of amides is 1. The van der Waals surface area contributed by atoms with Gasteiger partial charge in [-0.2, -0.15) is 5.10 Å². The molecule has 32 heavy (non-hydrogen) atoms. The Morgan fingerprint density at radius 2 is 1.81 bits per heavy atom. The van der Waals surface area contributed by atoms with Crippen molar-refractivity contribution in [3.05, 3.63) is 106 Å². The molecule has 0 bridgehead atoms. The average Bonchev–Trinajstić information content (AvgIpc) is 3.40. The lowest BCUT2D eigenvalue weighted by Gasteiger charge is -2.37. The lowest BCUT2D eigenvalue weighted by atomic mass is 10.0. The van der Waals surface area contributed by atoms with Crippen molar-refractivity contribution in [3.8, 4) is 0 Å². The van der Waals surface area contributed by atoms with Crippen LogP contribution in [0, 0.1) is 13.8 Å². The summed E-state index contributed by atoms with van der Waals surface area (Å²) >= 11 is 6.38. The van der Waals surface area contributed by atoms with Crippen molar-refractivity contribution in [2.24, 2.45) is 0 Å². The molecule has 0 saturated carbocycles. The monoisotopic (exact) mass is 446 g/mol. The quantitative estimate of drug-likeness (QED) is 0.436. The molecule has 2 aromatic carbocycles. The van der Waals surface area contributed by atoms with Gasteiger partial charge in [0.15, 0.2) is 0 Å². The summed E-state index contributed by atoms with van der Waals surface area (Å²) in [7, 11) is 0. The van der Waals surface area contributed by atoms with Crippen LogP contribution in [0.1, 0.15) is 44.8 Å². The van der Waals surface area contributed by atoms with Crippen molar-refractivity contribution < 1.29 is 9.21 Å². The van der Waals surface area contributed by atoms with Gasteiger partial charge in [-0.1, -0.05) is 41.9 Å². The molecule has 1 unspecified atom stereocenters. The highest BCUT2D eigenvalue weighted by atomic mass is 35.5. The topological polar surface area (TPSA) is 63.3 Å². The molecule has 0 fully saturated rings. The summed E-state index contributed by atoms with van der Waals surface area (Å²) in [6, 6.07) is 19.1. The van der Waals surface area contributed by atoms with Gasteiger partial charge in [0.1, 0.15) is 11.9 Å². The number of aromatic nitrogens is 2. The maximum Gasteiger partial charge on any atom is 0.258 e. The van der Waals surface area contributed by atoms with Crippen molar-refractivity contribution in [3.63, 3.8) is 0 Å². The number of furan rings is 1. The molecule has 0 aliphatic carbocycles. The minimum Gasteiger partial charge on any atom is -0.467 e. The first-order chi connectivity index (χ1) is 15.5. The van der Waals surface area contributed by atoms with Crippen molar-refractivity contribution in [1.29, 1.82) is 0 Å². The summed E-state index contributed by atoms with van der Waals surface area (Å²) in [6.45, 7) is 4.92. The fraction of sp³-hybridized carbons (Fsp3) is 0.200. The van der Waals surface area contributed by atoms with Gasteiger partial charge >= 0.3 is 0 Å². The van der Waals surface area contributed by atoms with E-state index in [9.17, 15) is 4.79 Å². The summed E-state index contributed by atoms with van der Waals surface area (Å²) in [4.78, 5) is 15.3. The molecule has 0 radical (unpaired) electrons. The van der Waals surface area contributed by atoms with Crippen LogP contribution in [0.4, 0.5) is 5.69 Å². The Hall–Kier alpha value is -3.51. The Kier molecular flexibility index (Phi) is 5.23. The molecule has 0 saturated heterocycles. The summed E-state index contributed by atoms with van der Waals surface area (Å²) in [5, 5.41) is 9.06. The fourth-order valence-corrected chi connectivity index (χ4v) is 4.50. The Balaban J connectivity index is 1.56. The van der Waals surface area contributed by atoms with Gasteiger partial charge in [0.05, 0.1) is 30.6 Å². The van der Waals surface area contributed by atoms with Crippen LogP contribution in [-0.4, -0.2) is 20.6 Å². The smallest absolute Gasteiger partial charge is 0.258 e. The van der Waals surface area contributed by atoms with Crippen molar-refractivity contribution in [2.75, 3.05) is 5.32 Å². The zero-order valence-corrected chi connectivity index (χ0v) is 18.6. The Labute approximate surface area is 191 Å². The first-order valence-electron chi connectivity index (χ1n) is 10.5. The molecule has 2 aromatic heterocycles. The van der Waals surface area contributed by atoms with E-state index in [-0.39, 0.29) is 12.1 Å². The number of carbonyl (C=O) groups is 1.